The summed E-state index contributed by atoms with van der Waals surface area (Å²) < 4.78 is 5.91. The van der Waals surface area contributed by atoms with Gasteiger partial charge in [0.05, 0.1) is 0 Å². The van der Waals surface area contributed by atoms with E-state index in [4.69, 9.17) is 16.3 Å². The minimum atomic E-state index is -0.168. The summed E-state index contributed by atoms with van der Waals surface area (Å²) in [6, 6.07) is 13.4. The van der Waals surface area contributed by atoms with Crippen LogP contribution < -0.4 is 15.4 Å². The third-order valence-electron chi connectivity index (χ3n) is 7.41. The van der Waals surface area contributed by atoms with Gasteiger partial charge >= 0.3 is 0 Å². The number of hydrogen-bond acceptors (Lipinski definition) is 3. The Morgan fingerprint density at radius 1 is 1.03 bits per heavy atom. The molecule has 0 aliphatic heterocycles. The fraction of sp³-hybridized carbons (Fsp3) is 0.500. The Balaban J connectivity index is 1.21. The molecule has 0 heterocycles. The molecule has 5 heteroatoms. The number of ether oxygens (including phenoxy) is 1. The van der Waals surface area contributed by atoms with E-state index in [1.54, 1.807) is 0 Å². The van der Waals surface area contributed by atoms with Crippen LogP contribution in [0.25, 0.3) is 0 Å². The van der Waals surface area contributed by atoms with Gasteiger partial charge in [0.2, 0.25) is 0 Å². The molecule has 2 aromatic rings. The molecule has 4 fully saturated rings. The molecule has 31 heavy (non-hydrogen) atoms. The second-order valence-electron chi connectivity index (χ2n) is 10.0. The van der Waals surface area contributed by atoms with Crippen molar-refractivity contribution in [2.45, 2.75) is 57.5 Å². The predicted molar refractivity (Wildman–Crippen MR) is 124 cm³/mol. The van der Waals surface area contributed by atoms with Crippen molar-refractivity contribution < 1.29 is 9.53 Å². The maximum atomic E-state index is 12.4. The maximum absolute atomic E-state index is 12.4. The number of nitrogens with one attached hydrogen (secondary N) is 2. The summed E-state index contributed by atoms with van der Waals surface area (Å²) in [5, 5.41) is 7.48. The van der Waals surface area contributed by atoms with E-state index < -0.39 is 0 Å². The largest absolute Gasteiger partial charge is 0.483 e. The first-order chi connectivity index (χ1) is 15.0. The molecule has 0 atom stereocenters. The molecule has 1 amide bonds. The number of benzene rings is 2. The molecule has 4 nitrogen and oxygen atoms in total. The lowest BCUT2D eigenvalue weighted by Gasteiger charge is -2.57. The van der Waals surface area contributed by atoms with Crippen LogP contribution in [0, 0.1) is 24.7 Å². The van der Waals surface area contributed by atoms with Crippen LogP contribution in [0.15, 0.2) is 42.5 Å². The highest BCUT2D eigenvalue weighted by Crippen LogP contribution is 2.55. The standard InChI is InChI=1S/C26H31ClN2O2/c1-17-2-5-23(6-3-17)29-25(30)16-31-24-7-4-22(27)11-21(24)15-28-26-12-18-8-19(13-26)10-20(9-18)14-26/h2-7,11,18-20,28H,8-10,12-16H2,1H3,(H,29,30). The molecule has 0 spiro atoms. The van der Waals surface area contributed by atoms with E-state index in [1.165, 1.54) is 38.5 Å². The number of hydrogen-bond donors (Lipinski definition) is 2. The average Bonchev–Trinajstić information content (AvgIpc) is 2.72. The van der Waals surface area contributed by atoms with Crippen LogP contribution in [0.4, 0.5) is 5.69 Å². The van der Waals surface area contributed by atoms with Crippen LogP contribution >= 0.6 is 11.6 Å². The summed E-state index contributed by atoms with van der Waals surface area (Å²) in [4.78, 5) is 12.4. The summed E-state index contributed by atoms with van der Waals surface area (Å²) in [6.45, 7) is 2.72. The van der Waals surface area contributed by atoms with E-state index >= 15 is 0 Å². The SMILES string of the molecule is Cc1ccc(NC(=O)COc2ccc(Cl)cc2CNC23CC4CC(CC(C4)C2)C3)cc1. The van der Waals surface area contributed by atoms with Gasteiger partial charge in [0.25, 0.3) is 5.91 Å². The van der Waals surface area contributed by atoms with Gasteiger partial charge in [-0.05, 0) is 93.5 Å². The van der Waals surface area contributed by atoms with Gasteiger partial charge in [-0.1, -0.05) is 29.3 Å². The third-order valence-corrected chi connectivity index (χ3v) is 7.64. The number of carbonyl (C=O) groups excluding carboxylic acids is 1. The van der Waals surface area contributed by atoms with Gasteiger partial charge in [-0.25, -0.2) is 0 Å². The number of amides is 1. The smallest absolute Gasteiger partial charge is 0.262 e. The molecule has 2 aromatic carbocycles. The van der Waals surface area contributed by atoms with Crippen molar-refractivity contribution in [1.82, 2.24) is 5.32 Å². The summed E-state index contributed by atoms with van der Waals surface area (Å²) in [5.74, 6) is 3.26. The van der Waals surface area contributed by atoms with E-state index in [1.807, 2.05) is 49.4 Å². The number of aryl methyl sites for hydroxylation is 1. The van der Waals surface area contributed by atoms with Gasteiger partial charge in [-0.15, -0.1) is 0 Å². The Kier molecular flexibility index (Phi) is 5.70. The van der Waals surface area contributed by atoms with Gasteiger partial charge in [0.15, 0.2) is 6.61 Å². The lowest BCUT2D eigenvalue weighted by atomic mass is 9.53. The minimum absolute atomic E-state index is 0.0279. The van der Waals surface area contributed by atoms with E-state index in [2.05, 4.69) is 10.6 Å². The molecule has 2 N–H and O–H groups in total. The van der Waals surface area contributed by atoms with Crippen LogP contribution in [-0.2, 0) is 11.3 Å². The number of carbonyl (C=O) groups is 1. The molecule has 164 valence electrons. The Labute approximate surface area is 189 Å². The van der Waals surface area contributed by atoms with Gasteiger partial charge in [0.1, 0.15) is 5.75 Å². The first-order valence-corrected chi connectivity index (χ1v) is 11.9. The van der Waals surface area contributed by atoms with Crippen molar-refractivity contribution in [3.8, 4) is 5.75 Å². The molecule has 6 rings (SSSR count). The second kappa shape index (κ2) is 8.48. The van der Waals surface area contributed by atoms with Crippen molar-refractivity contribution in [3.63, 3.8) is 0 Å². The molecule has 4 aliphatic rings. The highest BCUT2D eigenvalue weighted by atomic mass is 35.5. The van der Waals surface area contributed by atoms with Crippen molar-refractivity contribution in [2.75, 3.05) is 11.9 Å². The predicted octanol–water partition coefficient (Wildman–Crippen LogP) is 5.72. The quantitative estimate of drug-likeness (QED) is 0.580. The third kappa shape index (κ3) is 4.75. The molecular formula is C26H31ClN2O2. The molecule has 4 aliphatic carbocycles. The van der Waals surface area contributed by atoms with Crippen LogP contribution in [0.5, 0.6) is 5.75 Å². The summed E-state index contributed by atoms with van der Waals surface area (Å²) >= 11 is 6.29. The molecule has 0 unspecified atom stereocenters. The lowest BCUT2D eigenvalue weighted by molar-refractivity contribution is -0.118. The van der Waals surface area contributed by atoms with E-state index in [9.17, 15) is 4.79 Å². The maximum Gasteiger partial charge on any atom is 0.262 e. The zero-order valence-electron chi connectivity index (χ0n) is 18.1. The molecule has 0 saturated heterocycles. The Morgan fingerprint density at radius 3 is 2.32 bits per heavy atom. The number of halogens is 1. The number of rotatable bonds is 7. The van der Waals surface area contributed by atoms with Gasteiger partial charge in [-0.2, -0.15) is 0 Å². The Hall–Kier alpha value is -2.04. The summed E-state index contributed by atoms with van der Waals surface area (Å²) in [6.07, 6.45) is 8.20. The van der Waals surface area contributed by atoms with Crippen molar-refractivity contribution in [3.05, 3.63) is 58.6 Å². The Bertz CT molecular complexity index is 921. The zero-order valence-corrected chi connectivity index (χ0v) is 18.9. The van der Waals surface area contributed by atoms with Crippen molar-refractivity contribution in [1.29, 1.82) is 0 Å². The monoisotopic (exact) mass is 438 g/mol. The van der Waals surface area contributed by atoms with Gasteiger partial charge in [0, 0.05) is 28.4 Å². The fourth-order valence-electron chi connectivity index (χ4n) is 6.41. The highest BCUT2D eigenvalue weighted by molar-refractivity contribution is 6.30. The average molecular weight is 439 g/mol. The summed E-state index contributed by atoms with van der Waals surface area (Å²) in [7, 11) is 0. The second-order valence-corrected chi connectivity index (χ2v) is 10.4. The van der Waals surface area contributed by atoms with E-state index in [-0.39, 0.29) is 18.1 Å². The highest BCUT2D eigenvalue weighted by Gasteiger charge is 2.50. The topological polar surface area (TPSA) is 50.4 Å². The lowest BCUT2D eigenvalue weighted by Crippen LogP contribution is -2.58. The van der Waals surface area contributed by atoms with Crippen molar-refractivity contribution in [2.24, 2.45) is 17.8 Å². The van der Waals surface area contributed by atoms with Crippen LogP contribution in [0.2, 0.25) is 5.02 Å². The molecule has 0 aromatic heterocycles. The van der Waals surface area contributed by atoms with Crippen LogP contribution in [0.3, 0.4) is 0 Å². The normalized spacial score (nSPS) is 28.5. The molecular weight excluding hydrogens is 408 g/mol. The van der Waals surface area contributed by atoms with E-state index in [0.717, 1.165) is 46.9 Å². The molecule has 4 bridgehead atoms. The van der Waals surface area contributed by atoms with Crippen LogP contribution in [-0.4, -0.2) is 18.1 Å². The molecule has 4 saturated carbocycles. The first kappa shape index (κ1) is 20.8. The number of anilines is 1. The fourth-order valence-corrected chi connectivity index (χ4v) is 6.61. The van der Waals surface area contributed by atoms with E-state index in [0.29, 0.717) is 5.02 Å². The minimum Gasteiger partial charge on any atom is -0.483 e. The first-order valence-electron chi connectivity index (χ1n) is 11.5. The van der Waals surface area contributed by atoms with Gasteiger partial charge < -0.3 is 15.4 Å². The molecule has 0 radical (unpaired) electrons. The summed E-state index contributed by atoms with van der Waals surface area (Å²) in [5.41, 5.74) is 3.23. The van der Waals surface area contributed by atoms with Crippen LogP contribution in [0.1, 0.15) is 49.7 Å². The zero-order chi connectivity index (χ0) is 21.4. The Morgan fingerprint density at radius 2 is 1.68 bits per heavy atom. The van der Waals surface area contributed by atoms with Crippen molar-refractivity contribution >= 4 is 23.2 Å². The van der Waals surface area contributed by atoms with Gasteiger partial charge in [-0.3, -0.25) is 4.79 Å².